The maximum atomic E-state index is 12.4. The number of hydrogen-bond donors (Lipinski definition) is 2. The van der Waals surface area contributed by atoms with E-state index < -0.39 is 11.2 Å². The van der Waals surface area contributed by atoms with Crippen LogP contribution in [0.2, 0.25) is 0 Å². The van der Waals surface area contributed by atoms with Crippen LogP contribution in [-0.2, 0) is 4.79 Å². The zero-order chi connectivity index (χ0) is 18.2. The zero-order valence-corrected chi connectivity index (χ0v) is 15.0. The summed E-state index contributed by atoms with van der Waals surface area (Å²) >= 11 is 1.15. The van der Waals surface area contributed by atoms with Crippen molar-refractivity contribution in [2.45, 2.75) is 30.1 Å². The van der Waals surface area contributed by atoms with Gasteiger partial charge < -0.3 is 15.2 Å². The van der Waals surface area contributed by atoms with Gasteiger partial charge in [-0.3, -0.25) is 9.59 Å². The van der Waals surface area contributed by atoms with Crippen LogP contribution in [0.3, 0.4) is 0 Å². The average molecular weight is 359 g/mol. The summed E-state index contributed by atoms with van der Waals surface area (Å²) in [5, 5.41) is 11.3. The van der Waals surface area contributed by atoms with E-state index in [0.29, 0.717) is 17.0 Å². The molecule has 2 rings (SSSR count). The van der Waals surface area contributed by atoms with Crippen molar-refractivity contribution < 1.29 is 19.4 Å². The summed E-state index contributed by atoms with van der Waals surface area (Å²) in [6.45, 7) is 3.82. The lowest BCUT2D eigenvalue weighted by Crippen LogP contribution is -2.33. The summed E-state index contributed by atoms with van der Waals surface area (Å²) in [4.78, 5) is 24.1. The van der Waals surface area contributed by atoms with Crippen LogP contribution in [0.25, 0.3) is 0 Å². The standard InChI is InChI=1S/C19H21NO4S/c1-13(24-15-8-4-3-5-9-15)12-20-18(21)16-10-6-7-11-17(16)25-14(2)19(22)23/h3-11,13-14H,12H2,1-2H3,(H,20,21)(H,22,23). The van der Waals surface area contributed by atoms with Gasteiger partial charge in [-0.25, -0.2) is 0 Å². The van der Waals surface area contributed by atoms with Crippen LogP contribution < -0.4 is 10.1 Å². The Morgan fingerprint density at radius 2 is 1.72 bits per heavy atom. The Balaban J connectivity index is 1.95. The molecule has 2 aromatic carbocycles. The summed E-state index contributed by atoms with van der Waals surface area (Å²) in [6.07, 6.45) is -0.191. The molecular weight excluding hydrogens is 338 g/mol. The number of nitrogens with one attached hydrogen (secondary N) is 1. The second-order valence-corrected chi connectivity index (χ2v) is 6.93. The van der Waals surface area contributed by atoms with E-state index in [1.165, 1.54) is 0 Å². The fraction of sp³-hybridized carbons (Fsp3) is 0.263. The van der Waals surface area contributed by atoms with Crippen LogP contribution in [-0.4, -0.2) is 34.9 Å². The van der Waals surface area contributed by atoms with Gasteiger partial charge in [-0.2, -0.15) is 0 Å². The van der Waals surface area contributed by atoms with Crippen molar-refractivity contribution in [1.82, 2.24) is 5.32 Å². The predicted molar refractivity (Wildman–Crippen MR) is 98.3 cm³/mol. The Morgan fingerprint density at radius 3 is 2.40 bits per heavy atom. The highest BCUT2D eigenvalue weighted by atomic mass is 32.2. The second-order valence-electron chi connectivity index (χ2n) is 5.55. The van der Waals surface area contributed by atoms with Gasteiger partial charge in [-0.1, -0.05) is 30.3 Å². The third kappa shape index (κ3) is 5.83. The smallest absolute Gasteiger partial charge is 0.316 e. The normalized spacial score (nSPS) is 12.9. The lowest BCUT2D eigenvalue weighted by Gasteiger charge is -2.16. The fourth-order valence-corrected chi connectivity index (χ4v) is 3.03. The van der Waals surface area contributed by atoms with Crippen LogP contribution in [0.1, 0.15) is 24.2 Å². The SMILES string of the molecule is CC(CNC(=O)c1ccccc1SC(C)C(=O)O)Oc1ccccc1. The van der Waals surface area contributed by atoms with E-state index in [1.54, 1.807) is 31.2 Å². The van der Waals surface area contributed by atoms with Gasteiger partial charge in [-0.15, -0.1) is 11.8 Å². The maximum absolute atomic E-state index is 12.4. The van der Waals surface area contributed by atoms with Gasteiger partial charge in [-0.05, 0) is 38.1 Å². The van der Waals surface area contributed by atoms with Gasteiger partial charge in [0.05, 0.1) is 12.1 Å². The first-order chi connectivity index (χ1) is 12.0. The van der Waals surface area contributed by atoms with Crippen molar-refractivity contribution in [2.24, 2.45) is 0 Å². The van der Waals surface area contributed by atoms with Crippen LogP contribution >= 0.6 is 11.8 Å². The minimum Gasteiger partial charge on any atom is -0.489 e. The van der Waals surface area contributed by atoms with Crippen LogP contribution in [0.15, 0.2) is 59.5 Å². The molecule has 0 aliphatic rings. The molecule has 0 aliphatic carbocycles. The molecule has 0 radical (unpaired) electrons. The number of rotatable bonds is 8. The number of hydrogen-bond acceptors (Lipinski definition) is 4. The van der Waals surface area contributed by atoms with Crippen molar-refractivity contribution in [3.8, 4) is 5.75 Å². The molecule has 0 heterocycles. The van der Waals surface area contributed by atoms with Crippen LogP contribution in [0.4, 0.5) is 0 Å². The molecule has 2 aromatic rings. The Bertz CT molecular complexity index is 720. The molecule has 6 heteroatoms. The molecule has 132 valence electrons. The van der Waals surface area contributed by atoms with Gasteiger partial charge in [0.15, 0.2) is 0 Å². The Hall–Kier alpha value is -2.47. The summed E-state index contributed by atoms with van der Waals surface area (Å²) in [5.41, 5.74) is 0.465. The molecule has 2 atom stereocenters. The first kappa shape index (κ1) is 18.9. The van der Waals surface area contributed by atoms with Gasteiger partial charge in [0, 0.05) is 4.90 Å². The van der Waals surface area contributed by atoms with Crippen molar-refractivity contribution in [2.75, 3.05) is 6.54 Å². The number of carbonyl (C=O) groups is 2. The minimum absolute atomic E-state index is 0.191. The average Bonchev–Trinajstić information content (AvgIpc) is 2.61. The van der Waals surface area contributed by atoms with Gasteiger partial charge in [0.1, 0.15) is 17.1 Å². The van der Waals surface area contributed by atoms with E-state index >= 15 is 0 Å². The highest BCUT2D eigenvalue weighted by Crippen LogP contribution is 2.27. The Morgan fingerprint density at radius 1 is 1.08 bits per heavy atom. The number of aliphatic carboxylic acids is 1. The van der Waals surface area contributed by atoms with E-state index in [0.717, 1.165) is 17.5 Å². The second kappa shape index (κ2) is 9.13. The van der Waals surface area contributed by atoms with E-state index in [1.807, 2.05) is 37.3 Å². The lowest BCUT2D eigenvalue weighted by molar-refractivity contribution is -0.136. The Labute approximate surface area is 151 Å². The third-order valence-electron chi connectivity index (χ3n) is 3.41. The fourth-order valence-electron chi connectivity index (χ4n) is 2.10. The monoisotopic (exact) mass is 359 g/mol. The number of ether oxygens (including phenoxy) is 1. The molecule has 25 heavy (non-hydrogen) atoms. The summed E-state index contributed by atoms with van der Waals surface area (Å²) in [7, 11) is 0. The summed E-state index contributed by atoms with van der Waals surface area (Å²) < 4.78 is 5.73. The molecule has 0 bridgehead atoms. The molecule has 2 N–H and O–H groups in total. The largest absolute Gasteiger partial charge is 0.489 e. The molecule has 5 nitrogen and oxygen atoms in total. The van der Waals surface area contributed by atoms with Gasteiger partial charge >= 0.3 is 5.97 Å². The predicted octanol–water partition coefficient (Wildman–Crippen LogP) is 3.45. The lowest BCUT2D eigenvalue weighted by atomic mass is 10.2. The molecule has 0 fully saturated rings. The third-order valence-corrected chi connectivity index (χ3v) is 4.58. The van der Waals surface area contributed by atoms with Crippen molar-refractivity contribution in [3.05, 3.63) is 60.2 Å². The number of para-hydroxylation sites is 1. The van der Waals surface area contributed by atoms with Gasteiger partial charge in [0.25, 0.3) is 5.91 Å². The van der Waals surface area contributed by atoms with Crippen molar-refractivity contribution in [3.63, 3.8) is 0 Å². The molecule has 0 aromatic heterocycles. The van der Waals surface area contributed by atoms with E-state index in [9.17, 15) is 9.59 Å². The number of carboxylic acid groups (broad SMARTS) is 1. The van der Waals surface area contributed by atoms with E-state index in [2.05, 4.69) is 5.32 Å². The molecule has 0 aliphatic heterocycles. The minimum atomic E-state index is -0.912. The van der Waals surface area contributed by atoms with Crippen LogP contribution in [0.5, 0.6) is 5.75 Å². The molecule has 2 unspecified atom stereocenters. The number of carboxylic acids is 1. The Kier molecular flexibility index (Phi) is 6.89. The van der Waals surface area contributed by atoms with E-state index in [4.69, 9.17) is 9.84 Å². The molecule has 0 saturated carbocycles. The molecular formula is C19H21NO4S. The molecule has 0 spiro atoms. The number of thioether (sulfide) groups is 1. The van der Waals surface area contributed by atoms with Gasteiger partial charge in [0.2, 0.25) is 0 Å². The number of benzene rings is 2. The van der Waals surface area contributed by atoms with Crippen LogP contribution in [0, 0.1) is 0 Å². The zero-order valence-electron chi connectivity index (χ0n) is 14.1. The molecule has 1 amide bonds. The van der Waals surface area contributed by atoms with Crippen molar-refractivity contribution in [1.29, 1.82) is 0 Å². The van der Waals surface area contributed by atoms with Crippen molar-refractivity contribution >= 4 is 23.6 Å². The number of carbonyl (C=O) groups excluding carboxylic acids is 1. The topological polar surface area (TPSA) is 75.6 Å². The first-order valence-corrected chi connectivity index (χ1v) is 8.83. The first-order valence-electron chi connectivity index (χ1n) is 7.95. The maximum Gasteiger partial charge on any atom is 0.316 e. The highest BCUT2D eigenvalue weighted by molar-refractivity contribution is 8.00. The number of amides is 1. The highest BCUT2D eigenvalue weighted by Gasteiger charge is 2.18. The van der Waals surface area contributed by atoms with E-state index in [-0.39, 0.29) is 12.0 Å². The quantitative estimate of drug-likeness (QED) is 0.706. The summed E-state index contributed by atoms with van der Waals surface area (Å²) in [5.74, 6) is -0.412. The molecule has 0 saturated heterocycles. The summed E-state index contributed by atoms with van der Waals surface area (Å²) in [6, 6.07) is 16.4.